The van der Waals surface area contributed by atoms with Crippen molar-refractivity contribution in [2.75, 3.05) is 36.9 Å². The number of pyridine rings is 1. The average molecular weight is 564 g/mol. The van der Waals surface area contributed by atoms with Crippen molar-refractivity contribution in [1.29, 1.82) is 0 Å². The Bertz CT molecular complexity index is 2000. The van der Waals surface area contributed by atoms with Gasteiger partial charge in [0.2, 0.25) is 5.43 Å². The summed E-state index contributed by atoms with van der Waals surface area (Å²) in [6.07, 6.45) is 3.12. The fraction of sp³-hybridized carbons (Fsp3) is 0.194. The molecule has 1 aliphatic rings. The van der Waals surface area contributed by atoms with Gasteiger partial charge in [0, 0.05) is 24.8 Å². The number of morpholine rings is 1. The highest BCUT2D eigenvalue weighted by Crippen LogP contribution is 2.36. The highest BCUT2D eigenvalue weighted by atomic mass is 19.1. The zero-order valence-electron chi connectivity index (χ0n) is 22.7. The maximum atomic E-state index is 14.3. The molecular weight excluding hydrogens is 537 g/mol. The molecular formula is C31H26FN7O3. The summed E-state index contributed by atoms with van der Waals surface area (Å²) in [4.78, 5) is 29.4. The number of hydrogen-bond donors (Lipinski definition) is 1. The van der Waals surface area contributed by atoms with Gasteiger partial charge in [-0.3, -0.25) is 4.79 Å². The molecule has 2 N–H and O–H groups in total. The summed E-state index contributed by atoms with van der Waals surface area (Å²) in [5.41, 5.74) is 8.92. The standard InChI is InChI=1S/C31H26FN7O3/c1-18(29-25(19-5-4-6-21(32)15-19)28(40)22-7-2-3-8-23(22)42-29)39-31-26(30(33)35-17-36-31)27(37-39)20-9-10-24(34-16-20)38-11-13-41-14-12-38/h2-10,15-18H,11-14H2,1H3,(H2,33,35,36). The highest BCUT2D eigenvalue weighted by molar-refractivity contribution is 5.98. The van der Waals surface area contributed by atoms with E-state index in [2.05, 4.69) is 19.9 Å². The molecule has 1 unspecified atom stereocenters. The fourth-order valence-corrected chi connectivity index (χ4v) is 5.46. The maximum Gasteiger partial charge on any atom is 0.200 e. The molecule has 7 rings (SSSR count). The Kier molecular flexibility index (Phi) is 6.35. The molecule has 11 heteroatoms. The Morgan fingerprint density at radius 3 is 2.60 bits per heavy atom. The first-order valence-electron chi connectivity index (χ1n) is 13.6. The molecule has 4 aromatic heterocycles. The lowest BCUT2D eigenvalue weighted by molar-refractivity contribution is 0.122. The molecule has 5 heterocycles. The Balaban J connectivity index is 1.40. The van der Waals surface area contributed by atoms with Crippen molar-refractivity contribution in [3.8, 4) is 22.4 Å². The Morgan fingerprint density at radius 1 is 0.976 bits per heavy atom. The van der Waals surface area contributed by atoms with Crippen molar-refractivity contribution >= 4 is 33.6 Å². The molecule has 210 valence electrons. The first kappa shape index (κ1) is 25.8. The van der Waals surface area contributed by atoms with Crippen LogP contribution in [0.2, 0.25) is 0 Å². The quantitative estimate of drug-likeness (QED) is 0.314. The van der Waals surface area contributed by atoms with Gasteiger partial charge in [0.05, 0.1) is 29.5 Å². The molecule has 0 saturated carbocycles. The third-order valence-corrected chi connectivity index (χ3v) is 7.56. The molecule has 0 amide bonds. The van der Waals surface area contributed by atoms with Gasteiger partial charge in [-0.2, -0.15) is 5.10 Å². The average Bonchev–Trinajstić information content (AvgIpc) is 3.42. The zero-order chi connectivity index (χ0) is 28.8. The SMILES string of the molecule is CC(c1oc2ccccc2c(=O)c1-c1cccc(F)c1)n1nc(-c2ccc(N3CCOCC3)nc2)c2c(N)ncnc21. The molecule has 10 nitrogen and oxygen atoms in total. The molecule has 0 aliphatic carbocycles. The van der Waals surface area contributed by atoms with Gasteiger partial charge in [0.1, 0.15) is 46.9 Å². The van der Waals surface area contributed by atoms with Crippen molar-refractivity contribution < 1.29 is 13.5 Å². The summed E-state index contributed by atoms with van der Waals surface area (Å²) in [6, 6.07) is 16.2. The second-order valence-corrected chi connectivity index (χ2v) is 10.1. The third-order valence-electron chi connectivity index (χ3n) is 7.56. The number of rotatable bonds is 5. The van der Waals surface area contributed by atoms with Crippen LogP contribution in [0.5, 0.6) is 0 Å². The second kappa shape index (κ2) is 10.3. The van der Waals surface area contributed by atoms with E-state index in [4.69, 9.17) is 20.0 Å². The summed E-state index contributed by atoms with van der Waals surface area (Å²) in [5.74, 6) is 0.967. The molecule has 1 fully saturated rings. The molecule has 0 bridgehead atoms. The van der Waals surface area contributed by atoms with Crippen LogP contribution in [0, 0.1) is 5.82 Å². The van der Waals surface area contributed by atoms with E-state index >= 15 is 0 Å². The minimum Gasteiger partial charge on any atom is -0.458 e. The minimum atomic E-state index is -0.633. The number of para-hydroxylation sites is 1. The lowest BCUT2D eigenvalue weighted by atomic mass is 9.99. The molecule has 6 aromatic rings. The van der Waals surface area contributed by atoms with Crippen LogP contribution in [0.25, 0.3) is 44.4 Å². The van der Waals surface area contributed by atoms with Gasteiger partial charge < -0.3 is 19.8 Å². The molecule has 1 aliphatic heterocycles. The number of ether oxygens (including phenoxy) is 1. The first-order valence-corrected chi connectivity index (χ1v) is 13.6. The largest absolute Gasteiger partial charge is 0.458 e. The predicted molar refractivity (Wildman–Crippen MR) is 158 cm³/mol. The summed E-state index contributed by atoms with van der Waals surface area (Å²) >= 11 is 0. The van der Waals surface area contributed by atoms with Crippen LogP contribution in [0.1, 0.15) is 18.7 Å². The number of aromatic nitrogens is 5. The number of halogens is 1. The Morgan fingerprint density at radius 2 is 1.81 bits per heavy atom. The number of anilines is 2. The lowest BCUT2D eigenvalue weighted by Gasteiger charge is -2.27. The smallest absolute Gasteiger partial charge is 0.200 e. The van der Waals surface area contributed by atoms with Gasteiger partial charge in [-0.25, -0.2) is 24.0 Å². The number of nitrogens with zero attached hydrogens (tertiary/aromatic N) is 6. The van der Waals surface area contributed by atoms with Crippen LogP contribution in [-0.4, -0.2) is 51.0 Å². The van der Waals surface area contributed by atoms with Crippen molar-refractivity contribution in [3.63, 3.8) is 0 Å². The molecule has 0 radical (unpaired) electrons. The van der Waals surface area contributed by atoms with E-state index in [1.165, 1.54) is 18.5 Å². The first-order chi connectivity index (χ1) is 20.5. The van der Waals surface area contributed by atoms with Gasteiger partial charge in [0.15, 0.2) is 5.65 Å². The van der Waals surface area contributed by atoms with Crippen molar-refractivity contribution in [3.05, 3.63) is 95.0 Å². The molecule has 0 spiro atoms. The number of hydrogen-bond acceptors (Lipinski definition) is 9. The zero-order valence-corrected chi connectivity index (χ0v) is 22.7. The highest BCUT2D eigenvalue weighted by Gasteiger charge is 2.27. The van der Waals surface area contributed by atoms with E-state index in [-0.39, 0.29) is 16.8 Å². The van der Waals surface area contributed by atoms with E-state index in [0.717, 1.165) is 24.5 Å². The molecule has 1 atom stereocenters. The molecule has 1 saturated heterocycles. The fourth-order valence-electron chi connectivity index (χ4n) is 5.46. The van der Waals surface area contributed by atoms with Crippen LogP contribution in [0.15, 0.2) is 82.4 Å². The summed E-state index contributed by atoms with van der Waals surface area (Å²) in [5, 5.41) is 5.88. The van der Waals surface area contributed by atoms with Gasteiger partial charge in [-0.15, -0.1) is 0 Å². The van der Waals surface area contributed by atoms with E-state index in [9.17, 15) is 9.18 Å². The Hall–Kier alpha value is -5.16. The van der Waals surface area contributed by atoms with Gasteiger partial charge in [0.25, 0.3) is 0 Å². The number of nitrogens with two attached hydrogens (primary N) is 1. The van der Waals surface area contributed by atoms with Crippen molar-refractivity contribution in [1.82, 2.24) is 24.7 Å². The van der Waals surface area contributed by atoms with E-state index in [1.54, 1.807) is 47.3 Å². The lowest BCUT2D eigenvalue weighted by Crippen LogP contribution is -2.36. The summed E-state index contributed by atoms with van der Waals surface area (Å²) in [6.45, 7) is 4.71. The maximum absolute atomic E-state index is 14.3. The number of fused-ring (bicyclic) bond motifs is 2. The summed E-state index contributed by atoms with van der Waals surface area (Å²) < 4.78 is 27.8. The van der Waals surface area contributed by atoms with E-state index in [1.807, 2.05) is 19.1 Å². The topological polar surface area (TPSA) is 125 Å². The number of nitrogen functional groups attached to an aromatic ring is 1. The third kappa shape index (κ3) is 4.34. The number of benzene rings is 2. The van der Waals surface area contributed by atoms with Crippen LogP contribution < -0.4 is 16.1 Å². The second-order valence-electron chi connectivity index (χ2n) is 10.1. The van der Waals surface area contributed by atoms with Gasteiger partial charge >= 0.3 is 0 Å². The molecule has 42 heavy (non-hydrogen) atoms. The van der Waals surface area contributed by atoms with Gasteiger partial charge in [-0.1, -0.05) is 24.3 Å². The normalized spacial score (nSPS) is 14.5. The van der Waals surface area contributed by atoms with Crippen LogP contribution in [0.4, 0.5) is 16.0 Å². The predicted octanol–water partition coefficient (Wildman–Crippen LogP) is 4.83. The van der Waals surface area contributed by atoms with Crippen molar-refractivity contribution in [2.24, 2.45) is 0 Å². The van der Waals surface area contributed by atoms with E-state index < -0.39 is 11.9 Å². The van der Waals surface area contributed by atoms with Crippen LogP contribution in [0.3, 0.4) is 0 Å². The monoisotopic (exact) mass is 563 g/mol. The summed E-state index contributed by atoms with van der Waals surface area (Å²) in [7, 11) is 0. The van der Waals surface area contributed by atoms with Gasteiger partial charge in [-0.05, 0) is 48.9 Å². The Labute approximate surface area is 239 Å². The molecule has 2 aromatic carbocycles. The van der Waals surface area contributed by atoms with Crippen LogP contribution in [-0.2, 0) is 4.74 Å². The van der Waals surface area contributed by atoms with Crippen molar-refractivity contribution in [2.45, 2.75) is 13.0 Å². The van der Waals surface area contributed by atoms with E-state index in [0.29, 0.717) is 52.2 Å². The minimum absolute atomic E-state index is 0.254. The van der Waals surface area contributed by atoms with Crippen LogP contribution >= 0.6 is 0 Å².